The van der Waals surface area contributed by atoms with Gasteiger partial charge in [0.1, 0.15) is 6.10 Å². The first-order valence-electron chi connectivity index (χ1n) is 3.99. The molecule has 6 heteroatoms. The number of carbonyl (C=O) groups is 1. The van der Waals surface area contributed by atoms with Gasteiger partial charge in [0.2, 0.25) is 0 Å². The molecule has 1 rings (SSSR count). The Balaban J connectivity index is 2.39. The van der Waals surface area contributed by atoms with Gasteiger partial charge in [0, 0.05) is 0 Å². The van der Waals surface area contributed by atoms with Crippen LogP contribution in [0.25, 0.3) is 0 Å². The fourth-order valence-corrected chi connectivity index (χ4v) is 0.944. The third-order valence-electron chi connectivity index (χ3n) is 1.62. The molecule has 74 valence electrons. The van der Waals surface area contributed by atoms with Crippen molar-refractivity contribution in [3.63, 3.8) is 0 Å². The van der Waals surface area contributed by atoms with Gasteiger partial charge in [-0.05, 0) is 6.92 Å². The summed E-state index contributed by atoms with van der Waals surface area (Å²) in [7, 11) is 0. The van der Waals surface area contributed by atoms with Gasteiger partial charge in [0.05, 0.1) is 25.5 Å². The lowest BCUT2D eigenvalue weighted by Crippen LogP contribution is -2.36. The molecule has 1 saturated heterocycles. The van der Waals surface area contributed by atoms with E-state index < -0.39 is 6.03 Å². The number of nitrogens with two attached hydrogens (primary N) is 1. The first kappa shape index (κ1) is 9.94. The zero-order valence-corrected chi connectivity index (χ0v) is 7.45. The first-order chi connectivity index (χ1) is 6.20. The lowest BCUT2D eigenvalue weighted by molar-refractivity contribution is -0.0596. The Morgan fingerprint density at radius 1 is 1.62 bits per heavy atom. The van der Waals surface area contributed by atoms with Crippen LogP contribution in [0.1, 0.15) is 6.92 Å². The van der Waals surface area contributed by atoms with Crippen LogP contribution in [0.4, 0.5) is 4.79 Å². The molecule has 1 fully saturated rings. The maximum atomic E-state index is 10.3. The summed E-state index contributed by atoms with van der Waals surface area (Å²) in [6.07, 6.45) is -0.180. The van der Waals surface area contributed by atoms with Gasteiger partial charge in [-0.2, -0.15) is 5.10 Å². The van der Waals surface area contributed by atoms with E-state index in [1.165, 1.54) is 0 Å². The Morgan fingerprint density at radius 2 is 2.38 bits per heavy atom. The van der Waals surface area contributed by atoms with E-state index in [1.807, 2.05) is 0 Å². The number of rotatable bonds is 2. The predicted octanol–water partition coefficient (Wildman–Crippen LogP) is -0.554. The molecule has 6 nitrogen and oxygen atoms in total. The summed E-state index contributed by atoms with van der Waals surface area (Å²) in [5, 5.41) is 3.73. The van der Waals surface area contributed by atoms with Crippen molar-refractivity contribution in [3.05, 3.63) is 0 Å². The molecule has 2 amide bonds. The van der Waals surface area contributed by atoms with E-state index >= 15 is 0 Å². The van der Waals surface area contributed by atoms with Gasteiger partial charge < -0.3 is 15.2 Å². The third-order valence-corrected chi connectivity index (χ3v) is 1.62. The molecule has 0 saturated carbocycles. The summed E-state index contributed by atoms with van der Waals surface area (Å²) in [5.74, 6) is 0. The first-order valence-corrected chi connectivity index (χ1v) is 3.99. The van der Waals surface area contributed by atoms with Gasteiger partial charge in [-0.1, -0.05) is 0 Å². The minimum absolute atomic E-state index is 0.180. The van der Waals surface area contributed by atoms with Crippen molar-refractivity contribution in [1.29, 1.82) is 0 Å². The van der Waals surface area contributed by atoms with E-state index in [4.69, 9.17) is 15.2 Å². The van der Waals surface area contributed by atoms with Gasteiger partial charge in [-0.15, -0.1) is 0 Å². The quantitative estimate of drug-likeness (QED) is 0.449. The van der Waals surface area contributed by atoms with Crippen molar-refractivity contribution in [2.45, 2.75) is 13.0 Å². The van der Waals surface area contributed by atoms with Gasteiger partial charge in [-0.25, -0.2) is 10.2 Å². The van der Waals surface area contributed by atoms with Crippen LogP contribution >= 0.6 is 0 Å². The molecule has 0 aromatic heterocycles. The second-order valence-electron chi connectivity index (χ2n) is 2.66. The van der Waals surface area contributed by atoms with Crippen LogP contribution in [0, 0.1) is 0 Å². The minimum atomic E-state index is -0.684. The molecule has 1 heterocycles. The molecule has 0 spiro atoms. The third kappa shape index (κ3) is 3.39. The van der Waals surface area contributed by atoms with E-state index in [0.717, 1.165) is 0 Å². The molecule has 1 unspecified atom stereocenters. The number of carbonyl (C=O) groups excluding carboxylic acids is 1. The maximum absolute atomic E-state index is 10.3. The van der Waals surface area contributed by atoms with Crippen molar-refractivity contribution in [3.8, 4) is 0 Å². The lowest BCUT2D eigenvalue weighted by atomic mass is 10.2. The van der Waals surface area contributed by atoms with Gasteiger partial charge in [-0.3, -0.25) is 0 Å². The highest BCUT2D eigenvalue weighted by molar-refractivity contribution is 5.87. The molecule has 0 aliphatic carbocycles. The van der Waals surface area contributed by atoms with Crippen LogP contribution < -0.4 is 11.2 Å². The number of urea groups is 1. The summed E-state index contributed by atoms with van der Waals surface area (Å²) in [6.45, 7) is 3.37. The highest BCUT2D eigenvalue weighted by Crippen LogP contribution is 2.02. The topological polar surface area (TPSA) is 85.9 Å². The highest BCUT2D eigenvalue weighted by Gasteiger charge is 2.17. The fourth-order valence-electron chi connectivity index (χ4n) is 0.944. The summed E-state index contributed by atoms with van der Waals surface area (Å²) >= 11 is 0. The van der Waals surface area contributed by atoms with Crippen LogP contribution in [0.2, 0.25) is 0 Å². The Hall–Kier alpha value is -1.14. The molecule has 1 aliphatic heterocycles. The van der Waals surface area contributed by atoms with E-state index in [2.05, 4.69) is 10.5 Å². The van der Waals surface area contributed by atoms with Crippen molar-refractivity contribution in [1.82, 2.24) is 5.43 Å². The molecule has 0 radical (unpaired) electrons. The molecule has 0 aromatic carbocycles. The van der Waals surface area contributed by atoms with E-state index in [0.29, 0.717) is 25.5 Å². The molecule has 1 aliphatic rings. The van der Waals surface area contributed by atoms with Crippen molar-refractivity contribution < 1.29 is 14.3 Å². The van der Waals surface area contributed by atoms with Crippen LogP contribution in [0.3, 0.4) is 0 Å². The van der Waals surface area contributed by atoms with E-state index in [1.54, 1.807) is 6.92 Å². The molecular weight excluding hydrogens is 174 g/mol. The number of nitrogens with one attached hydrogen (secondary N) is 1. The summed E-state index contributed by atoms with van der Waals surface area (Å²) in [5.41, 5.74) is 7.63. The summed E-state index contributed by atoms with van der Waals surface area (Å²) < 4.78 is 10.5. The minimum Gasteiger partial charge on any atom is -0.376 e. The zero-order chi connectivity index (χ0) is 9.68. The Kier molecular flexibility index (Phi) is 3.66. The fraction of sp³-hybridized carbons (Fsp3) is 0.714. The largest absolute Gasteiger partial charge is 0.376 e. The van der Waals surface area contributed by atoms with Gasteiger partial charge in [0.25, 0.3) is 0 Å². The molecule has 13 heavy (non-hydrogen) atoms. The molecule has 1 atom stereocenters. The normalized spacial score (nSPS) is 24.1. The van der Waals surface area contributed by atoms with Crippen LogP contribution in [0.15, 0.2) is 5.10 Å². The maximum Gasteiger partial charge on any atom is 0.332 e. The molecule has 3 N–H and O–H groups in total. The average molecular weight is 187 g/mol. The van der Waals surface area contributed by atoms with Crippen molar-refractivity contribution in [2.75, 3.05) is 19.8 Å². The zero-order valence-electron chi connectivity index (χ0n) is 7.45. The summed E-state index contributed by atoms with van der Waals surface area (Å²) in [4.78, 5) is 10.3. The Morgan fingerprint density at radius 3 is 2.92 bits per heavy atom. The predicted molar refractivity (Wildman–Crippen MR) is 46.4 cm³/mol. The second kappa shape index (κ2) is 4.78. The SMILES string of the molecule is C/C(=N\NC(N)=O)C1COCCO1. The van der Waals surface area contributed by atoms with E-state index in [-0.39, 0.29) is 6.10 Å². The monoisotopic (exact) mass is 187 g/mol. The Bertz CT molecular complexity index is 211. The van der Waals surface area contributed by atoms with Crippen LogP contribution in [-0.2, 0) is 9.47 Å². The second-order valence-corrected chi connectivity index (χ2v) is 2.66. The average Bonchev–Trinajstić information content (AvgIpc) is 2.15. The number of primary amides is 1. The van der Waals surface area contributed by atoms with Gasteiger partial charge in [0.15, 0.2) is 0 Å². The number of nitrogens with zero attached hydrogens (tertiary/aromatic N) is 1. The van der Waals surface area contributed by atoms with Crippen molar-refractivity contribution in [2.24, 2.45) is 10.8 Å². The number of hydrazone groups is 1. The smallest absolute Gasteiger partial charge is 0.332 e. The molecular formula is C7H13N3O3. The Labute approximate surface area is 76.1 Å². The standard InChI is InChI=1S/C7H13N3O3/c1-5(9-10-7(8)11)6-4-12-2-3-13-6/h6H,2-4H2,1H3,(H3,8,10,11)/b9-5+. The number of amides is 2. The van der Waals surface area contributed by atoms with Crippen LogP contribution in [0.5, 0.6) is 0 Å². The van der Waals surface area contributed by atoms with Crippen LogP contribution in [-0.4, -0.2) is 37.7 Å². The summed E-state index contributed by atoms with van der Waals surface area (Å²) in [6, 6.07) is -0.684. The molecule has 0 bridgehead atoms. The number of hydrogen-bond donors (Lipinski definition) is 2. The number of hydrogen-bond acceptors (Lipinski definition) is 4. The highest BCUT2D eigenvalue weighted by atomic mass is 16.6. The molecule has 0 aromatic rings. The van der Waals surface area contributed by atoms with Gasteiger partial charge >= 0.3 is 6.03 Å². The number of ether oxygens (including phenoxy) is 2. The van der Waals surface area contributed by atoms with E-state index in [9.17, 15) is 4.79 Å². The van der Waals surface area contributed by atoms with Crippen molar-refractivity contribution >= 4 is 11.7 Å². The lowest BCUT2D eigenvalue weighted by Gasteiger charge is -2.22.